The second-order valence-corrected chi connectivity index (χ2v) is 4.14. The summed E-state index contributed by atoms with van der Waals surface area (Å²) >= 11 is 0. The topological polar surface area (TPSA) is 54.9 Å². The Kier molecular flexibility index (Phi) is 14.1. The van der Waals surface area contributed by atoms with Gasteiger partial charge in [-0.3, -0.25) is 4.99 Å². The molecule has 0 heterocycles. The highest BCUT2D eigenvalue weighted by Gasteiger charge is 1.96. The van der Waals surface area contributed by atoms with Crippen molar-refractivity contribution in [2.24, 2.45) is 4.99 Å². The van der Waals surface area contributed by atoms with Gasteiger partial charge in [-0.25, -0.2) is 0 Å². The molecule has 0 aromatic heterocycles. The van der Waals surface area contributed by atoms with Crippen LogP contribution in [0.5, 0.6) is 0 Å². The fraction of sp³-hybridized carbons (Fsp3) is 0.786. The lowest BCUT2D eigenvalue weighted by Crippen LogP contribution is -2.38. The van der Waals surface area contributed by atoms with Crippen LogP contribution in [0.25, 0.3) is 0 Å². The molecule has 0 unspecified atom stereocenters. The summed E-state index contributed by atoms with van der Waals surface area (Å²) < 4.78 is 10.3. The number of nitrogens with zero attached hydrogens (tertiary/aromatic N) is 1. The molecule has 0 atom stereocenters. The molecule has 0 saturated heterocycles. The Bertz CT molecular complexity index is 233. The van der Waals surface area contributed by atoms with Gasteiger partial charge >= 0.3 is 0 Å². The highest BCUT2D eigenvalue weighted by molar-refractivity contribution is 5.79. The number of methoxy groups -OCH3 is 1. The van der Waals surface area contributed by atoms with Gasteiger partial charge < -0.3 is 20.1 Å². The van der Waals surface area contributed by atoms with Crippen LogP contribution >= 0.6 is 0 Å². The quantitative estimate of drug-likeness (QED) is 0.245. The third kappa shape index (κ3) is 13.2. The number of ether oxygens (including phenoxy) is 2. The van der Waals surface area contributed by atoms with E-state index in [1.807, 2.05) is 6.08 Å². The maximum atomic E-state index is 5.38. The Morgan fingerprint density at radius 2 is 2.05 bits per heavy atom. The van der Waals surface area contributed by atoms with Gasteiger partial charge in [0.2, 0.25) is 0 Å². The van der Waals surface area contributed by atoms with Crippen LogP contribution < -0.4 is 10.6 Å². The zero-order chi connectivity index (χ0) is 14.2. The summed E-state index contributed by atoms with van der Waals surface area (Å²) in [7, 11) is 1.67. The third-order valence-electron chi connectivity index (χ3n) is 2.39. The zero-order valence-corrected chi connectivity index (χ0v) is 12.4. The van der Waals surface area contributed by atoms with Gasteiger partial charge in [-0.15, -0.1) is 6.58 Å². The van der Waals surface area contributed by atoms with Gasteiger partial charge in [0.25, 0.3) is 0 Å². The average molecular weight is 271 g/mol. The smallest absolute Gasteiger partial charge is 0.191 e. The number of rotatable bonds is 12. The standard InChI is InChI=1S/C14H29N3O2/c1-4-6-9-16-14(15-8-5-2)17-10-7-11-19-13-12-18-3/h5H,2,4,6-13H2,1,3H3,(H2,15,16,17). The fourth-order valence-electron chi connectivity index (χ4n) is 1.33. The van der Waals surface area contributed by atoms with Crippen molar-refractivity contribution in [1.82, 2.24) is 10.6 Å². The molecule has 0 radical (unpaired) electrons. The molecule has 5 heteroatoms. The van der Waals surface area contributed by atoms with E-state index in [-0.39, 0.29) is 0 Å². The minimum absolute atomic E-state index is 0.647. The van der Waals surface area contributed by atoms with Crippen LogP contribution in [0.3, 0.4) is 0 Å². The summed E-state index contributed by atoms with van der Waals surface area (Å²) in [5, 5.41) is 6.50. The number of hydrogen-bond acceptors (Lipinski definition) is 3. The SMILES string of the molecule is C=CCNC(=NCCCOCCOC)NCCCC. The molecule has 2 N–H and O–H groups in total. The Morgan fingerprint density at radius 3 is 2.74 bits per heavy atom. The van der Waals surface area contributed by atoms with E-state index in [1.165, 1.54) is 6.42 Å². The van der Waals surface area contributed by atoms with Crippen LogP contribution in [0, 0.1) is 0 Å². The molecular formula is C14H29N3O2. The first kappa shape index (κ1) is 17.9. The molecule has 0 aromatic carbocycles. The molecule has 0 saturated carbocycles. The Balaban J connectivity index is 3.72. The summed E-state index contributed by atoms with van der Waals surface area (Å²) in [6.07, 6.45) is 5.06. The number of guanidine groups is 1. The molecule has 112 valence electrons. The Labute approximate surface area is 117 Å². The highest BCUT2D eigenvalue weighted by Crippen LogP contribution is 1.87. The zero-order valence-electron chi connectivity index (χ0n) is 12.4. The van der Waals surface area contributed by atoms with E-state index in [9.17, 15) is 0 Å². The second-order valence-electron chi connectivity index (χ2n) is 4.14. The lowest BCUT2D eigenvalue weighted by Gasteiger charge is -2.10. The van der Waals surface area contributed by atoms with Crippen molar-refractivity contribution in [2.45, 2.75) is 26.2 Å². The summed E-state index contributed by atoms with van der Waals surface area (Å²) in [4.78, 5) is 4.49. The van der Waals surface area contributed by atoms with Gasteiger partial charge in [-0.2, -0.15) is 0 Å². The fourth-order valence-corrected chi connectivity index (χ4v) is 1.33. The first-order chi connectivity index (χ1) is 9.35. The van der Waals surface area contributed by atoms with Crippen LogP contribution in [0.4, 0.5) is 0 Å². The van der Waals surface area contributed by atoms with E-state index >= 15 is 0 Å². The number of nitrogens with one attached hydrogen (secondary N) is 2. The molecule has 0 aliphatic carbocycles. The molecule has 0 amide bonds. The molecule has 0 aliphatic rings. The van der Waals surface area contributed by atoms with Crippen molar-refractivity contribution in [3.05, 3.63) is 12.7 Å². The number of aliphatic imine (C=N–C) groups is 1. The predicted molar refractivity (Wildman–Crippen MR) is 80.7 cm³/mol. The van der Waals surface area contributed by atoms with Gasteiger partial charge in [-0.05, 0) is 12.8 Å². The normalized spacial score (nSPS) is 11.4. The van der Waals surface area contributed by atoms with E-state index in [2.05, 4.69) is 29.1 Å². The summed E-state index contributed by atoms with van der Waals surface area (Å²) in [5.74, 6) is 0.852. The monoisotopic (exact) mass is 271 g/mol. The van der Waals surface area contributed by atoms with Crippen molar-refractivity contribution >= 4 is 5.96 Å². The van der Waals surface area contributed by atoms with Gasteiger partial charge in [0.1, 0.15) is 0 Å². The van der Waals surface area contributed by atoms with Crippen molar-refractivity contribution in [1.29, 1.82) is 0 Å². The largest absolute Gasteiger partial charge is 0.382 e. The molecule has 0 spiro atoms. The maximum absolute atomic E-state index is 5.38. The maximum Gasteiger partial charge on any atom is 0.191 e. The molecule has 0 rings (SSSR count). The molecular weight excluding hydrogens is 242 g/mol. The van der Waals surface area contributed by atoms with Gasteiger partial charge in [-0.1, -0.05) is 19.4 Å². The van der Waals surface area contributed by atoms with Crippen LogP contribution in [-0.4, -0.2) is 52.5 Å². The van der Waals surface area contributed by atoms with Crippen LogP contribution in [0.2, 0.25) is 0 Å². The predicted octanol–water partition coefficient (Wildman–Crippen LogP) is 1.56. The van der Waals surface area contributed by atoms with Crippen LogP contribution in [0.15, 0.2) is 17.6 Å². The minimum atomic E-state index is 0.647. The summed E-state index contributed by atoms with van der Waals surface area (Å²) in [6, 6.07) is 0. The molecule has 0 fully saturated rings. The summed E-state index contributed by atoms with van der Waals surface area (Å²) in [5.41, 5.74) is 0. The average Bonchev–Trinajstić information content (AvgIpc) is 2.43. The van der Waals surface area contributed by atoms with Gasteiger partial charge in [0, 0.05) is 33.4 Å². The van der Waals surface area contributed by atoms with Gasteiger partial charge in [0.15, 0.2) is 5.96 Å². The van der Waals surface area contributed by atoms with Gasteiger partial charge in [0.05, 0.1) is 13.2 Å². The number of unbranched alkanes of at least 4 members (excludes halogenated alkanes) is 1. The van der Waals surface area contributed by atoms with E-state index in [4.69, 9.17) is 9.47 Å². The molecule has 0 bridgehead atoms. The minimum Gasteiger partial charge on any atom is -0.382 e. The van der Waals surface area contributed by atoms with E-state index in [0.29, 0.717) is 13.2 Å². The lowest BCUT2D eigenvalue weighted by molar-refractivity contribution is 0.0702. The number of hydrogen-bond donors (Lipinski definition) is 2. The first-order valence-electron chi connectivity index (χ1n) is 7.04. The second kappa shape index (κ2) is 15.0. The van der Waals surface area contributed by atoms with Crippen molar-refractivity contribution in [2.75, 3.05) is 46.6 Å². The van der Waals surface area contributed by atoms with E-state index in [0.717, 1.165) is 45.0 Å². The first-order valence-corrected chi connectivity index (χ1v) is 7.04. The van der Waals surface area contributed by atoms with Crippen molar-refractivity contribution in [3.63, 3.8) is 0 Å². The Morgan fingerprint density at radius 1 is 1.21 bits per heavy atom. The van der Waals surface area contributed by atoms with E-state index < -0.39 is 0 Å². The van der Waals surface area contributed by atoms with Crippen molar-refractivity contribution < 1.29 is 9.47 Å². The van der Waals surface area contributed by atoms with Crippen molar-refractivity contribution in [3.8, 4) is 0 Å². The molecule has 0 aromatic rings. The van der Waals surface area contributed by atoms with E-state index in [1.54, 1.807) is 7.11 Å². The Hall–Kier alpha value is -1.07. The third-order valence-corrected chi connectivity index (χ3v) is 2.39. The summed E-state index contributed by atoms with van der Waals surface area (Å²) in [6.45, 7) is 10.3. The van der Waals surface area contributed by atoms with Crippen LogP contribution in [0.1, 0.15) is 26.2 Å². The molecule has 19 heavy (non-hydrogen) atoms. The van der Waals surface area contributed by atoms with Crippen LogP contribution in [-0.2, 0) is 9.47 Å². The lowest BCUT2D eigenvalue weighted by atomic mass is 10.3. The molecule has 5 nitrogen and oxygen atoms in total. The molecule has 0 aliphatic heterocycles. The highest BCUT2D eigenvalue weighted by atomic mass is 16.5.